The molecule has 2 saturated carbocycles. The Labute approximate surface area is 171 Å². The zero-order chi connectivity index (χ0) is 20.0. The van der Waals surface area contributed by atoms with Gasteiger partial charge in [0.1, 0.15) is 0 Å². The van der Waals surface area contributed by atoms with E-state index in [-0.39, 0.29) is 11.9 Å². The molecular formula is C26H38O2. The van der Waals surface area contributed by atoms with Gasteiger partial charge in [0, 0.05) is 5.57 Å². The lowest BCUT2D eigenvalue weighted by atomic mass is 9.61. The van der Waals surface area contributed by atoms with E-state index in [2.05, 4.69) is 39.8 Å². The minimum atomic E-state index is -0.238. The van der Waals surface area contributed by atoms with Crippen LogP contribution in [0.25, 0.3) is 0 Å². The smallest absolute Gasteiger partial charge is 0.182 e. The first-order valence-electron chi connectivity index (χ1n) is 11.7. The zero-order valence-electron chi connectivity index (χ0n) is 18.2. The Morgan fingerprint density at radius 3 is 2.43 bits per heavy atom. The number of aliphatic hydroxyl groups is 1. The van der Waals surface area contributed by atoms with Gasteiger partial charge in [-0.15, -0.1) is 0 Å². The van der Waals surface area contributed by atoms with Gasteiger partial charge >= 0.3 is 0 Å². The molecule has 0 heterocycles. The molecule has 28 heavy (non-hydrogen) atoms. The number of fused-ring (bicyclic) bond motifs is 4. The molecule has 0 bridgehead atoms. The van der Waals surface area contributed by atoms with Crippen LogP contribution in [0.15, 0.2) is 34.9 Å². The van der Waals surface area contributed by atoms with Crippen LogP contribution in [0.2, 0.25) is 0 Å². The summed E-state index contributed by atoms with van der Waals surface area (Å²) in [5, 5.41) is 10.0. The second kappa shape index (κ2) is 7.94. The van der Waals surface area contributed by atoms with Crippen LogP contribution in [0.5, 0.6) is 0 Å². The highest BCUT2D eigenvalue weighted by Gasteiger charge is 2.46. The van der Waals surface area contributed by atoms with Crippen LogP contribution in [0.4, 0.5) is 0 Å². The predicted molar refractivity (Wildman–Crippen MR) is 115 cm³/mol. The molecule has 4 aliphatic carbocycles. The molecule has 2 heteroatoms. The van der Waals surface area contributed by atoms with Crippen molar-refractivity contribution in [2.24, 2.45) is 41.4 Å². The highest BCUT2D eigenvalue weighted by atomic mass is 16.3. The molecule has 6 unspecified atom stereocenters. The van der Waals surface area contributed by atoms with E-state index in [1.165, 1.54) is 36.0 Å². The molecule has 0 spiro atoms. The van der Waals surface area contributed by atoms with Gasteiger partial charge in [-0.05, 0) is 92.4 Å². The fourth-order valence-corrected chi connectivity index (χ4v) is 6.47. The van der Waals surface area contributed by atoms with E-state index in [0.29, 0.717) is 41.4 Å². The van der Waals surface area contributed by atoms with Crippen molar-refractivity contribution in [1.82, 2.24) is 0 Å². The molecule has 0 aromatic rings. The van der Waals surface area contributed by atoms with Gasteiger partial charge < -0.3 is 5.11 Å². The average molecular weight is 383 g/mol. The third kappa shape index (κ3) is 3.58. The Morgan fingerprint density at radius 1 is 0.964 bits per heavy atom. The number of allylic oxidation sites excluding steroid dienone is 5. The summed E-state index contributed by atoms with van der Waals surface area (Å²) in [5.41, 5.74) is 3.96. The van der Waals surface area contributed by atoms with E-state index in [4.69, 9.17) is 0 Å². The van der Waals surface area contributed by atoms with Crippen LogP contribution in [0.3, 0.4) is 0 Å². The lowest BCUT2D eigenvalue weighted by Gasteiger charge is -2.43. The van der Waals surface area contributed by atoms with Gasteiger partial charge in [0.15, 0.2) is 5.78 Å². The molecule has 0 radical (unpaired) electrons. The molecule has 2 nitrogen and oxygen atoms in total. The lowest BCUT2D eigenvalue weighted by molar-refractivity contribution is -0.112. The minimum absolute atomic E-state index is 0.238. The maximum absolute atomic E-state index is 13.1. The molecule has 0 aromatic heterocycles. The summed E-state index contributed by atoms with van der Waals surface area (Å²) in [6.07, 6.45) is 14.0. The van der Waals surface area contributed by atoms with Gasteiger partial charge in [0.25, 0.3) is 0 Å². The van der Waals surface area contributed by atoms with Gasteiger partial charge in [-0.2, -0.15) is 0 Å². The SMILES string of the molecule is CC(C=C[C@@H](C)C(C)C)C1CCC2=C3C(=O)C=C4CC(O)CCC4C3CCC21. The van der Waals surface area contributed by atoms with E-state index in [1.54, 1.807) is 0 Å². The van der Waals surface area contributed by atoms with Gasteiger partial charge in [-0.1, -0.05) is 51.0 Å². The molecule has 4 rings (SSSR count). The van der Waals surface area contributed by atoms with Crippen molar-refractivity contribution in [2.45, 2.75) is 78.7 Å². The van der Waals surface area contributed by atoms with Crippen molar-refractivity contribution in [3.63, 3.8) is 0 Å². The highest BCUT2D eigenvalue weighted by molar-refractivity contribution is 6.06. The number of rotatable bonds is 4. The molecule has 1 N–H and O–H groups in total. The number of carbonyl (C=O) groups excluding carboxylic acids is 1. The van der Waals surface area contributed by atoms with Crippen LogP contribution < -0.4 is 0 Å². The summed E-state index contributed by atoms with van der Waals surface area (Å²) in [6.45, 7) is 9.28. The summed E-state index contributed by atoms with van der Waals surface area (Å²) in [5.74, 6) is 4.47. The molecule has 7 atom stereocenters. The van der Waals surface area contributed by atoms with Crippen LogP contribution in [0, 0.1) is 41.4 Å². The van der Waals surface area contributed by atoms with Crippen molar-refractivity contribution in [2.75, 3.05) is 0 Å². The molecule has 0 amide bonds. The second-order valence-electron chi connectivity index (χ2n) is 10.4. The Kier molecular flexibility index (Phi) is 5.71. The molecule has 0 saturated heterocycles. The highest BCUT2D eigenvalue weighted by Crippen LogP contribution is 2.55. The Balaban J connectivity index is 1.56. The fraction of sp³-hybridized carbons (Fsp3) is 0.731. The van der Waals surface area contributed by atoms with Crippen molar-refractivity contribution in [3.8, 4) is 0 Å². The topological polar surface area (TPSA) is 37.3 Å². The third-order valence-corrected chi connectivity index (χ3v) is 8.49. The van der Waals surface area contributed by atoms with Crippen LogP contribution >= 0.6 is 0 Å². The summed E-state index contributed by atoms with van der Waals surface area (Å²) < 4.78 is 0. The number of aliphatic hydroxyl groups excluding tert-OH is 1. The number of hydrogen-bond donors (Lipinski definition) is 1. The Bertz CT molecular complexity index is 710. The fourth-order valence-electron chi connectivity index (χ4n) is 6.47. The van der Waals surface area contributed by atoms with Crippen LogP contribution in [-0.4, -0.2) is 17.0 Å². The van der Waals surface area contributed by atoms with E-state index in [1.807, 2.05) is 6.08 Å². The normalized spacial score (nSPS) is 37.6. The number of carbonyl (C=O) groups is 1. The number of ketones is 1. The first-order valence-corrected chi connectivity index (χ1v) is 11.7. The van der Waals surface area contributed by atoms with E-state index >= 15 is 0 Å². The van der Waals surface area contributed by atoms with Crippen LogP contribution in [0.1, 0.15) is 72.6 Å². The molecule has 154 valence electrons. The molecular weight excluding hydrogens is 344 g/mol. The van der Waals surface area contributed by atoms with Gasteiger partial charge in [0.2, 0.25) is 0 Å². The maximum Gasteiger partial charge on any atom is 0.182 e. The van der Waals surface area contributed by atoms with Gasteiger partial charge in [-0.25, -0.2) is 0 Å². The number of hydrogen-bond acceptors (Lipinski definition) is 2. The quantitative estimate of drug-likeness (QED) is 0.617. The maximum atomic E-state index is 13.1. The average Bonchev–Trinajstić information content (AvgIpc) is 3.09. The standard InChI is InChI=1S/C26H38O2/c1-15(2)16(3)5-6-17(4)20-9-11-24-22(20)10-12-23-21-8-7-19(27)13-18(21)14-25(28)26(23)24/h5-6,14-17,19-23,27H,7-13H2,1-4H3/t16-,17?,19?,20?,21?,22?,23?/m1/s1. The van der Waals surface area contributed by atoms with Crippen molar-refractivity contribution in [1.29, 1.82) is 0 Å². The van der Waals surface area contributed by atoms with Crippen molar-refractivity contribution < 1.29 is 9.90 Å². The molecule has 4 aliphatic rings. The predicted octanol–water partition coefficient (Wildman–Crippen LogP) is 5.87. The van der Waals surface area contributed by atoms with E-state index in [9.17, 15) is 9.90 Å². The van der Waals surface area contributed by atoms with Gasteiger partial charge in [-0.3, -0.25) is 4.79 Å². The summed E-state index contributed by atoms with van der Waals surface area (Å²) >= 11 is 0. The summed E-state index contributed by atoms with van der Waals surface area (Å²) in [7, 11) is 0. The largest absolute Gasteiger partial charge is 0.393 e. The first kappa shape index (κ1) is 20.1. The summed E-state index contributed by atoms with van der Waals surface area (Å²) in [6, 6.07) is 0. The minimum Gasteiger partial charge on any atom is -0.393 e. The molecule has 0 aliphatic heterocycles. The van der Waals surface area contributed by atoms with Crippen LogP contribution in [-0.2, 0) is 4.79 Å². The lowest BCUT2D eigenvalue weighted by Crippen LogP contribution is -2.37. The second-order valence-corrected chi connectivity index (χ2v) is 10.4. The van der Waals surface area contributed by atoms with E-state index < -0.39 is 0 Å². The Morgan fingerprint density at radius 2 is 1.68 bits per heavy atom. The molecule has 2 fully saturated rings. The van der Waals surface area contributed by atoms with Crippen molar-refractivity contribution in [3.05, 3.63) is 34.9 Å². The Hall–Kier alpha value is -1.15. The third-order valence-electron chi connectivity index (χ3n) is 8.49. The zero-order valence-corrected chi connectivity index (χ0v) is 18.2. The van der Waals surface area contributed by atoms with E-state index in [0.717, 1.165) is 25.7 Å². The van der Waals surface area contributed by atoms with Gasteiger partial charge in [0.05, 0.1) is 6.10 Å². The molecule has 0 aromatic carbocycles. The first-order chi connectivity index (χ1) is 13.4. The monoisotopic (exact) mass is 382 g/mol. The van der Waals surface area contributed by atoms with Crippen molar-refractivity contribution >= 4 is 5.78 Å². The summed E-state index contributed by atoms with van der Waals surface area (Å²) in [4.78, 5) is 13.1.